The number of nitrogens with zero attached hydrogens (tertiary/aromatic N) is 2. The van der Waals surface area contributed by atoms with Gasteiger partial charge in [-0.3, -0.25) is 0 Å². The van der Waals surface area contributed by atoms with Gasteiger partial charge in [0.2, 0.25) is 0 Å². The number of nitrogens with one attached hydrogen (secondary N) is 2. The number of thioether (sulfide) groups is 1. The second kappa shape index (κ2) is 9.48. The number of phenolic OH excluding ortho intramolecular Hbond substituents is 1. The van der Waals surface area contributed by atoms with Gasteiger partial charge in [-0.05, 0) is 49.5 Å². The third-order valence-corrected chi connectivity index (χ3v) is 8.52. The highest BCUT2D eigenvalue weighted by Gasteiger charge is 2.48. The van der Waals surface area contributed by atoms with Gasteiger partial charge in [0.15, 0.2) is 22.1 Å². The molecule has 0 fully saturated rings. The minimum Gasteiger partial charge on any atom is -0.504 e. The second-order valence-corrected chi connectivity index (χ2v) is 10.9. The number of rotatable bonds is 5. The summed E-state index contributed by atoms with van der Waals surface area (Å²) < 4.78 is 10.7. The van der Waals surface area contributed by atoms with E-state index in [1.165, 1.54) is 14.2 Å². The van der Waals surface area contributed by atoms with E-state index in [1.54, 1.807) is 42.1 Å². The van der Waals surface area contributed by atoms with Gasteiger partial charge < -0.3 is 29.4 Å². The highest BCUT2D eigenvalue weighted by atomic mass is 32.2. The average Bonchev–Trinajstić information content (AvgIpc) is 3.52. The van der Waals surface area contributed by atoms with E-state index in [2.05, 4.69) is 23.0 Å². The summed E-state index contributed by atoms with van der Waals surface area (Å²) in [4.78, 5) is 26.3. The van der Waals surface area contributed by atoms with Crippen molar-refractivity contribution >= 4 is 52.4 Å². The molecule has 39 heavy (non-hydrogen) atoms. The number of ether oxygens (including phenoxy) is 2. The number of aromatic hydroxyl groups is 1. The average molecular weight is 557 g/mol. The number of fused-ring (bicyclic) bond motifs is 2. The first-order chi connectivity index (χ1) is 18.9. The molecular formula is C29H24N4O4S2. The van der Waals surface area contributed by atoms with Gasteiger partial charge >= 0.3 is 5.97 Å². The predicted molar refractivity (Wildman–Crippen MR) is 155 cm³/mol. The van der Waals surface area contributed by atoms with Gasteiger partial charge in [0, 0.05) is 28.2 Å². The summed E-state index contributed by atoms with van der Waals surface area (Å²) >= 11 is 7.15. The summed E-state index contributed by atoms with van der Waals surface area (Å²) in [5.41, 5.74) is 4.13. The number of hydrogen-bond acceptors (Lipinski definition) is 8. The van der Waals surface area contributed by atoms with E-state index >= 15 is 0 Å². The molecule has 0 bridgehead atoms. The lowest BCUT2D eigenvalue weighted by Crippen LogP contribution is -2.35. The summed E-state index contributed by atoms with van der Waals surface area (Å²) in [6.07, 6.45) is 1.98. The van der Waals surface area contributed by atoms with Gasteiger partial charge in [-0.1, -0.05) is 48.2 Å². The van der Waals surface area contributed by atoms with Gasteiger partial charge in [-0.15, -0.1) is 0 Å². The van der Waals surface area contributed by atoms with Crippen molar-refractivity contribution in [3.8, 4) is 22.8 Å². The molecule has 0 spiro atoms. The van der Waals surface area contributed by atoms with Gasteiger partial charge in [0.1, 0.15) is 4.87 Å². The zero-order valence-electron chi connectivity index (χ0n) is 21.3. The second-order valence-electron chi connectivity index (χ2n) is 9.10. The molecule has 5 aromatic rings. The molecule has 1 aliphatic heterocycles. The van der Waals surface area contributed by atoms with E-state index < -0.39 is 10.8 Å². The fraction of sp³-hybridized carbons (Fsp3) is 0.138. The van der Waals surface area contributed by atoms with Crippen LogP contribution in [0, 0.1) is 4.77 Å². The third kappa shape index (κ3) is 3.86. The molecule has 3 heterocycles. The van der Waals surface area contributed by atoms with E-state index in [0.29, 0.717) is 34.1 Å². The molecule has 0 amide bonds. The largest absolute Gasteiger partial charge is 0.504 e. The number of benzene rings is 3. The SMILES string of the molecule is COC(=O)c1ccccc1N1c2nc(=S)[nH]c(-c3cccc(OC)c3O)c2SC1(C)c1c[nH]c2ccccc12. The maximum Gasteiger partial charge on any atom is 0.339 e. The molecule has 3 aromatic carbocycles. The van der Waals surface area contributed by atoms with Crippen LogP contribution in [0.25, 0.3) is 22.2 Å². The minimum absolute atomic E-state index is 0.0122. The molecule has 0 radical (unpaired) electrons. The Kier molecular flexibility index (Phi) is 6.08. The molecule has 6 rings (SSSR count). The molecule has 1 aliphatic rings. The standard InChI is InChI=1S/C29H24N4O4S2/c1-29(19-15-30-20-12-6-4-9-16(19)20)33(21-13-7-5-10-17(21)27(35)37-3)26-25(39-29)23(31-28(38)32-26)18-11-8-14-22(36-2)24(18)34/h4-15,30,34H,1-3H3,(H,31,32,38). The predicted octanol–water partition coefficient (Wildman–Crippen LogP) is 6.90. The third-order valence-electron chi connectivity index (χ3n) is 6.94. The zero-order valence-corrected chi connectivity index (χ0v) is 22.9. The first-order valence-electron chi connectivity index (χ1n) is 12.1. The van der Waals surface area contributed by atoms with E-state index in [9.17, 15) is 9.90 Å². The van der Waals surface area contributed by atoms with Crippen molar-refractivity contribution in [1.29, 1.82) is 0 Å². The van der Waals surface area contributed by atoms with Crippen LogP contribution in [0.5, 0.6) is 11.5 Å². The summed E-state index contributed by atoms with van der Waals surface area (Å²) in [5, 5.41) is 12.1. The number of carbonyl (C=O) groups is 1. The molecular weight excluding hydrogens is 532 g/mol. The Morgan fingerprint density at radius 1 is 1.08 bits per heavy atom. The van der Waals surface area contributed by atoms with Crippen molar-refractivity contribution < 1.29 is 19.4 Å². The van der Waals surface area contributed by atoms with Crippen LogP contribution in [0.2, 0.25) is 0 Å². The van der Waals surface area contributed by atoms with Crippen molar-refractivity contribution in [3.05, 3.63) is 88.8 Å². The Balaban J connectivity index is 1.68. The minimum atomic E-state index is -0.779. The summed E-state index contributed by atoms with van der Waals surface area (Å²) in [7, 11) is 2.87. The van der Waals surface area contributed by atoms with Gasteiger partial charge in [0.25, 0.3) is 0 Å². The molecule has 196 valence electrons. The molecule has 1 unspecified atom stereocenters. The number of H-pyrrole nitrogens is 2. The molecule has 2 aromatic heterocycles. The number of anilines is 2. The van der Waals surface area contributed by atoms with E-state index in [-0.39, 0.29) is 10.5 Å². The smallest absolute Gasteiger partial charge is 0.339 e. The van der Waals surface area contributed by atoms with Crippen molar-refractivity contribution in [2.75, 3.05) is 19.1 Å². The van der Waals surface area contributed by atoms with Crippen molar-refractivity contribution in [3.63, 3.8) is 0 Å². The maximum atomic E-state index is 12.9. The van der Waals surface area contributed by atoms with Crippen LogP contribution >= 0.6 is 24.0 Å². The number of aromatic nitrogens is 3. The van der Waals surface area contributed by atoms with Crippen molar-refractivity contribution in [2.45, 2.75) is 16.7 Å². The van der Waals surface area contributed by atoms with Gasteiger partial charge in [0.05, 0.1) is 36.1 Å². The maximum absolute atomic E-state index is 12.9. The van der Waals surface area contributed by atoms with Crippen LogP contribution in [0.15, 0.2) is 77.8 Å². The van der Waals surface area contributed by atoms with Gasteiger partial charge in [-0.2, -0.15) is 0 Å². The lowest BCUT2D eigenvalue weighted by Gasteiger charge is -2.36. The Morgan fingerprint density at radius 3 is 2.64 bits per heavy atom. The fourth-order valence-electron chi connectivity index (χ4n) is 5.15. The van der Waals surface area contributed by atoms with Crippen LogP contribution < -0.4 is 9.64 Å². The van der Waals surface area contributed by atoms with Crippen LogP contribution in [-0.4, -0.2) is 40.2 Å². The van der Waals surface area contributed by atoms with Crippen LogP contribution in [0.1, 0.15) is 22.8 Å². The Labute approximate surface area is 233 Å². The first-order valence-corrected chi connectivity index (χ1v) is 13.3. The highest BCUT2D eigenvalue weighted by Crippen LogP contribution is 2.61. The van der Waals surface area contributed by atoms with Gasteiger partial charge in [-0.25, -0.2) is 9.78 Å². The molecule has 3 N–H and O–H groups in total. The first kappa shape index (κ1) is 25.0. The van der Waals surface area contributed by atoms with Crippen LogP contribution in [-0.2, 0) is 9.61 Å². The molecule has 0 saturated carbocycles. The molecule has 0 aliphatic carbocycles. The highest BCUT2D eigenvalue weighted by molar-refractivity contribution is 8.01. The summed E-state index contributed by atoms with van der Waals surface area (Å²) in [5.74, 6) is 0.428. The number of esters is 1. The quantitative estimate of drug-likeness (QED) is 0.159. The monoisotopic (exact) mass is 556 g/mol. The van der Waals surface area contributed by atoms with E-state index in [4.69, 9.17) is 26.7 Å². The number of phenols is 1. The zero-order chi connectivity index (χ0) is 27.3. The molecule has 0 saturated heterocycles. The van der Waals surface area contributed by atoms with Crippen molar-refractivity contribution in [2.24, 2.45) is 0 Å². The number of hydrogen-bond donors (Lipinski definition) is 3. The number of aromatic amines is 2. The van der Waals surface area contributed by atoms with Crippen LogP contribution in [0.3, 0.4) is 0 Å². The Bertz CT molecular complexity index is 1820. The lowest BCUT2D eigenvalue weighted by molar-refractivity contribution is 0.0601. The van der Waals surface area contributed by atoms with Crippen molar-refractivity contribution in [1.82, 2.24) is 15.0 Å². The summed E-state index contributed by atoms with van der Waals surface area (Å²) in [6, 6.07) is 20.6. The number of carbonyl (C=O) groups excluding carboxylic acids is 1. The molecule has 10 heteroatoms. The molecule has 8 nitrogen and oxygen atoms in total. The lowest BCUT2D eigenvalue weighted by atomic mass is 10.0. The van der Waals surface area contributed by atoms with Crippen LogP contribution in [0.4, 0.5) is 11.5 Å². The Morgan fingerprint density at radius 2 is 1.85 bits per heavy atom. The number of para-hydroxylation sites is 3. The van der Waals surface area contributed by atoms with E-state index in [0.717, 1.165) is 21.4 Å². The normalized spacial score (nSPS) is 16.3. The summed E-state index contributed by atoms with van der Waals surface area (Å²) in [6.45, 7) is 2.08. The Hall–Kier alpha value is -4.28. The fourth-order valence-corrected chi connectivity index (χ4v) is 6.78. The molecule has 1 atom stereocenters. The number of methoxy groups -OCH3 is 2. The van der Waals surface area contributed by atoms with E-state index in [1.807, 2.05) is 41.4 Å². The topological polar surface area (TPSA) is 103 Å².